The Labute approximate surface area is 112 Å². The number of pyridine rings is 1. The number of hydrogen-bond acceptors (Lipinski definition) is 5. The highest BCUT2D eigenvalue weighted by Crippen LogP contribution is 2.45. The molecule has 1 heterocycles. The van der Waals surface area contributed by atoms with E-state index in [1.165, 1.54) is 18.3 Å². The summed E-state index contributed by atoms with van der Waals surface area (Å²) in [5.74, 6) is 6.65. The first-order valence-corrected chi connectivity index (χ1v) is 8.03. The van der Waals surface area contributed by atoms with Gasteiger partial charge in [-0.1, -0.05) is 0 Å². The van der Waals surface area contributed by atoms with Gasteiger partial charge in [0.15, 0.2) is 0 Å². The van der Waals surface area contributed by atoms with E-state index < -0.39 is 10.0 Å². The highest BCUT2D eigenvalue weighted by Gasteiger charge is 2.43. The van der Waals surface area contributed by atoms with Crippen molar-refractivity contribution in [1.82, 2.24) is 9.71 Å². The maximum absolute atomic E-state index is 12.4. The predicted molar refractivity (Wildman–Crippen MR) is 71.6 cm³/mol. The molecule has 104 valence electrons. The third-order valence-corrected chi connectivity index (χ3v) is 5.20. The van der Waals surface area contributed by atoms with Gasteiger partial charge in [0, 0.05) is 18.3 Å². The third-order valence-electron chi connectivity index (χ3n) is 3.74. The lowest BCUT2D eigenvalue weighted by atomic mass is 10.1. The fourth-order valence-corrected chi connectivity index (χ4v) is 3.78. The van der Waals surface area contributed by atoms with Crippen LogP contribution in [0.3, 0.4) is 0 Å². The van der Waals surface area contributed by atoms with E-state index >= 15 is 0 Å². The predicted octanol–water partition coefficient (Wildman–Crippen LogP) is 0.834. The second kappa shape index (κ2) is 4.73. The second-order valence-electron chi connectivity index (χ2n) is 5.34. The Bertz CT molecular complexity index is 555. The molecule has 2 aliphatic carbocycles. The van der Waals surface area contributed by atoms with Crippen molar-refractivity contribution in [2.45, 2.75) is 36.6 Å². The number of nitrogens with one attached hydrogen (secondary N) is 2. The number of nitrogens with zero attached hydrogens (tertiary/aromatic N) is 1. The Morgan fingerprint density at radius 1 is 1.26 bits per heavy atom. The summed E-state index contributed by atoms with van der Waals surface area (Å²) in [5, 5.41) is 0. The molecule has 2 aliphatic rings. The number of hydrogen-bond donors (Lipinski definition) is 3. The van der Waals surface area contributed by atoms with Gasteiger partial charge < -0.3 is 5.43 Å². The number of nitrogen functional groups attached to an aromatic ring is 1. The van der Waals surface area contributed by atoms with E-state index in [1.807, 2.05) is 0 Å². The van der Waals surface area contributed by atoms with E-state index in [9.17, 15) is 8.42 Å². The molecule has 0 unspecified atom stereocenters. The largest absolute Gasteiger partial charge is 0.308 e. The minimum absolute atomic E-state index is 0.104. The van der Waals surface area contributed by atoms with Gasteiger partial charge in [0.25, 0.3) is 0 Å². The topological polar surface area (TPSA) is 97.1 Å². The van der Waals surface area contributed by atoms with Crippen LogP contribution in [0, 0.1) is 11.8 Å². The van der Waals surface area contributed by atoms with E-state index in [0.29, 0.717) is 17.7 Å². The van der Waals surface area contributed by atoms with Crippen molar-refractivity contribution in [2.75, 3.05) is 5.43 Å². The fraction of sp³-hybridized carbons (Fsp3) is 0.583. The lowest BCUT2D eigenvalue weighted by Crippen LogP contribution is -2.38. The molecule has 1 aromatic heterocycles. The van der Waals surface area contributed by atoms with Crippen LogP contribution in [-0.2, 0) is 10.0 Å². The Balaban J connectivity index is 1.80. The minimum atomic E-state index is -3.49. The highest BCUT2D eigenvalue weighted by atomic mass is 32.2. The van der Waals surface area contributed by atoms with E-state index in [2.05, 4.69) is 15.1 Å². The van der Waals surface area contributed by atoms with Gasteiger partial charge in [-0.25, -0.2) is 24.0 Å². The smallest absolute Gasteiger partial charge is 0.241 e. The number of sulfonamides is 1. The average molecular weight is 282 g/mol. The van der Waals surface area contributed by atoms with E-state index in [0.717, 1.165) is 25.7 Å². The number of anilines is 1. The lowest BCUT2D eigenvalue weighted by Gasteiger charge is -2.17. The van der Waals surface area contributed by atoms with E-state index in [4.69, 9.17) is 5.84 Å². The Morgan fingerprint density at radius 3 is 2.42 bits per heavy atom. The van der Waals surface area contributed by atoms with Gasteiger partial charge in [-0.05, 0) is 43.6 Å². The zero-order chi connectivity index (χ0) is 13.5. The van der Waals surface area contributed by atoms with Gasteiger partial charge in [-0.15, -0.1) is 0 Å². The molecule has 2 fully saturated rings. The van der Waals surface area contributed by atoms with Gasteiger partial charge in [-0.2, -0.15) is 0 Å². The Morgan fingerprint density at radius 2 is 1.89 bits per heavy atom. The summed E-state index contributed by atoms with van der Waals surface area (Å²) >= 11 is 0. The van der Waals surface area contributed by atoms with E-state index in [-0.39, 0.29) is 10.9 Å². The summed E-state index contributed by atoms with van der Waals surface area (Å²) in [6.45, 7) is 0. The van der Waals surface area contributed by atoms with Crippen LogP contribution in [0.5, 0.6) is 0 Å². The van der Waals surface area contributed by atoms with Crippen molar-refractivity contribution in [3.05, 3.63) is 18.3 Å². The average Bonchev–Trinajstić information content (AvgIpc) is 3.29. The maximum Gasteiger partial charge on any atom is 0.241 e. The molecule has 6 nitrogen and oxygen atoms in total. The molecular weight excluding hydrogens is 264 g/mol. The number of aromatic nitrogens is 1. The SMILES string of the molecule is NNc1cc(S(=O)(=O)NC(C2CC2)C2CC2)ccn1. The molecule has 7 heteroatoms. The third kappa shape index (κ3) is 2.88. The number of rotatable bonds is 6. The van der Waals surface area contributed by atoms with Gasteiger partial charge in [0.2, 0.25) is 10.0 Å². The Hall–Kier alpha value is -1.18. The lowest BCUT2D eigenvalue weighted by molar-refractivity contribution is 0.471. The minimum Gasteiger partial charge on any atom is -0.308 e. The summed E-state index contributed by atoms with van der Waals surface area (Å²) in [6, 6.07) is 3.03. The van der Waals surface area contributed by atoms with Gasteiger partial charge in [0.05, 0.1) is 4.90 Å². The molecule has 0 aliphatic heterocycles. The molecule has 19 heavy (non-hydrogen) atoms. The second-order valence-corrected chi connectivity index (χ2v) is 7.06. The van der Waals surface area contributed by atoms with Gasteiger partial charge in [0.1, 0.15) is 5.82 Å². The fourth-order valence-electron chi connectivity index (χ4n) is 2.39. The number of nitrogens with two attached hydrogens (primary N) is 1. The van der Waals surface area contributed by atoms with Gasteiger partial charge in [-0.3, -0.25) is 0 Å². The van der Waals surface area contributed by atoms with Crippen LogP contribution in [0.2, 0.25) is 0 Å². The molecule has 0 bridgehead atoms. The zero-order valence-electron chi connectivity index (χ0n) is 10.5. The zero-order valence-corrected chi connectivity index (χ0v) is 11.4. The van der Waals surface area contributed by atoms with Crippen molar-refractivity contribution in [1.29, 1.82) is 0 Å². The van der Waals surface area contributed by atoms with Crippen molar-refractivity contribution < 1.29 is 8.42 Å². The van der Waals surface area contributed by atoms with Crippen molar-refractivity contribution in [2.24, 2.45) is 17.7 Å². The molecule has 4 N–H and O–H groups in total. The summed E-state index contributed by atoms with van der Waals surface area (Å²) in [5.41, 5.74) is 2.36. The van der Waals surface area contributed by atoms with Crippen LogP contribution in [0.15, 0.2) is 23.2 Å². The Kier molecular flexibility index (Phi) is 3.20. The quantitative estimate of drug-likeness (QED) is 0.530. The first kappa shape index (κ1) is 12.8. The highest BCUT2D eigenvalue weighted by molar-refractivity contribution is 7.89. The maximum atomic E-state index is 12.4. The summed E-state index contributed by atoms with van der Waals surface area (Å²) in [6.07, 6.45) is 5.98. The standard InChI is InChI=1S/C12H18N4O2S/c13-15-11-7-10(5-6-14-11)19(17,18)16-12(8-1-2-8)9-3-4-9/h5-9,12,16H,1-4,13H2,(H,14,15). The molecule has 0 atom stereocenters. The van der Waals surface area contributed by atoms with Crippen LogP contribution in [-0.4, -0.2) is 19.4 Å². The first-order valence-electron chi connectivity index (χ1n) is 6.55. The molecular formula is C12H18N4O2S. The molecule has 0 saturated heterocycles. The molecule has 1 aromatic rings. The van der Waals surface area contributed by atoms with Crippen molar-refractivity contribution in [3.8, 4) is 0 Å². The summed E-state index contributed by atoms with van der Waals surface area (Å²) < 4.78 is 27.6. The molecule has 2 saturated carbocycles. The molecule has 0 amide bonds. The van der Waals surface area contributed by atoms with Gasteiger partial charge >= 0.3 is 0 Å². The summed E-state index contributed by atoms with van der Waals surface area (Å²) in [4.78, 5) is 4.13. The van der Waals surface area contributed by atoms with Crippen LogP contribution in [0.4, 0.5) is 5.82 Å². The van der Waals surface area contributed by atoms with Crippen LogP contribution >= 0.6 is 0 Å². The van der Waals surface area contributed by atoms with Crippen LogP contribution < -0.4 is 16.0 Å². The van der Waals surface area contributed by atoms with Crippen LogP contribution in [0.1, 0.15) is 25.7 Å². The first-order chi connectivity index (χ1) is 9.10. The monoisotopic (exact) mass is 282 g/mol. The number of hydrazine groups is 1. The van der Waals surface area contributed by atoms with Crippen LogP contribution in [0.25, 0.3) is 0 Å². The molecule has 0 spiro atoms. The van der Waals surface area contributed by atoms with Crippen molar-refractivity contribution in [3.63, 3.8) is 0 Å². The summed E-state index contributed by atoms with van der Waals surface area (Å²) in [7, 11) is -3.49. The molecule has 0 aromatic carbocycles. The van der Waals surface area contributed by atoms with E-state index in [1.54, 1.807) is 0 Å². The normalized spacial score (nSPS) is 19.7. The molecule has 0 radical (unpaired) electrons. The van der Waals surface area contributed by atoms with Crippen molar-refractivity contribution >= 4 is 15.8 Å². The molecule has 3 rings (SSSR count).